The molecule has 1 aliphatic carbocycles. The van der Waals surface area contributed by atoms with Crippen LogP contribution in [0.25, 0.3) is 11.0 Å². The number of imidazole rings is 1. The number of benzene rings is 1. The van der Waals surface area contributed by atoms with E-state index in [0.29, 0.717) is 17.8 Å². The van der Waals surface area contributed by atoms with E-state index in [2.05, 4.69) is 52.2 Å². The largest absolute Gasteiger partial charge is 0.461 e. The highest BCUT2D eigenvalue weighted by Crippen LogP contribution is 2.37. The first-order chi connectivity index (χ1) is 13.3. The smallest absolute Gasteiger partial charge is 0.329 e. The first-order valence-electron chi connectivity index (χ1n) is 11.0. The molecule has 4 heteroatoms. The van der Waals surface area contributed by atoms with Gasteiger partial charge in [-0.25, -0.2) is 9.78 Å². The van der Waals surface area contributed by atoms with E-state index in [-0.39, 0.29) is 24.0 Å². The molecule has 0 saturated heterocycles. The fourth-order valence-electron chi connectivity index (χ4n) is 4.80. The van der Waals surface area contributed by atoms with E-state index in [1.54, 1.807) is 0 Å². The van der Waals surface area contributed by atoms with Crippen molar-refractivity contribution in [3.8, 4) is 0 Å². The van der Waals surface area contributed by atoms with Crippen molar-refractivity contribution in [3.63, 3.8) is 0 Å². The number of aromatic nitrogens is 2. The summed E-state index contributed by atoms with van der Waals surface area (Å²) >= 11 is 0. The van der Waals surface area contributed by atoms with Gasteiger partial charge in [-0.2, -0.15) is 0 Å². The maximum Gasteiger partial charge on any atom is 0.329 e. The quantitative estimate of drug-likeness (QED) is 0.591. The highest BCUT2D eigenvalue weighted by atomic mass is 16.5. The van der Waals surface area contributed by atoms with Crippen LogP contribution in [0.2, 0.25) is 0 Å². The molecule has 154 valence electrons. The molecule has 4 atom stereocenters. The minimum Gasteiger partial charge on any atom is -0.461 e. The van der Waals surface area contributed by atoms with Gasteiger partial charge < -0.3 is 9.30 Å². The third-order valence-corrected chi connectivity index (χ3v) is 6.37. The molecule has 1 fully saturated rings. The zero-order valence-corrected chi connectivity index (χ0v) is 18.3. The van der Waals surface area contributed by atoms with E-state index in [1.165, 1.54) is 6.42 Å². The number of hydrogen-bond acceptors (Lipinski definition) is 3. The van der Waals surface area contributed by atoms with Gasteiger partial charge in [0.2, 0.25) is 0 Å². The maximum absolute atomic E-state index is 13.5. The molecular formula is C24H36N2O2. The predicted molar refractivity (Wildman–Crippen MR) is 114 cm³/mol. The Hall–Kier alpha value is -1.84. The fourth-order valence-corrected chi connectivity index (χ4v) is 4.80. The highest BCUT2D eigenvalue weighted by molar-refractivity contribution is 5.81. The topological polar surface area (TPSA) is 44.1 Å². The van der Waals surface area contributed by atoms with E-state index in [4.69, 9.17) is 9.72 Å². The standard InChI is InChI=1S/C24H36N2O2/c1-7-22-25-19-10-8-9-11-20(19)26(22)23(16(4)5)24(27)28-21-14-17(6)12-13-18(21)15(2)3/h8-11,15-18,21,23H,7,12-14H2,1-6H3/t17?,18-,21+,23+/m0/s1. The molecule has 4 nitrogen and oxygen atoms in total. The number of aryl methyl sites for hydroxylation is 1. The van der Waals surface area contributed by atoms with Gasteiger partial charge in [0, 0.05) is 6.42 Å². The molecule has 28 heavy (non-hydrogen) atoms. The van der Waals surface area contributed by atoms with Crippen molar-refractivity contribution in [2.75, 3.05) is 0 Å². The molecule has 3 rings (SSSR count). The maximum atomic E-state index is 13.5. The molecular weight excluding hydrogens is 348 g/mol. The van der Waals surface area contributed by atoms with Gasteiger partial charge >= 0.3 is 5.97 Å². The molecule has 1 aliphatic rings. The Morgan fingerprint density at radius 1 is 1.21 bits per heavy atom. The normalized spacial score (nSPS) is 24.1. The van der Waals surface area contributed by atoms with Crippen molar-refractivity contribution in [3.05, 3.63) is 30.1 Å². The first-order valence-corrected chi connectivity index (χ1v) is 11.0. The van der Waals surface area contributed by atoms with Gasteiger partial charge in [-0.3, -0.25) is 0 Å². The van der Waals surface area contributed by atoms with E-state index in [0.717, 1.165) is 36.1 Å². The summed E-state index contributed by atoms with van der Waals surface area (Å²) in [6.07, 6.45) is 4.18. The summed E-state index contributed by atoms with van der Waals surface area (Å²) in [7, 11) is 0. The second kappa shape index (κ2) is 8.67. The highest BCUT2D eigenvalue weighted by Gasteiger charge is 2.37. The van der Waals surface area contributed by atoms with Gasteiger partial charge in [0.05, 0.1) is 11.0 Å². The van der Waals surface area contributed by atoms with Crippen LogP contribution in [0.4, 0.5) is 0 Å². The van der Waals surface area contributed by atoms with Gasteiger partial charge in [-0.05, 0) is 48.6 Å². The van der Waals surface area contributed by atoms with E-state index >= 15 is 0 Å². The molecule has 1 aromatic heterocycles. The van der Waals surface area contributed by atoms with Gasteiger partial charge in [0.25, 0.3) is 0 Å². The second-order valence-electron chi connectivity index (χ2n) is 9.23. The lowest BCUT2D eigenvalue weighted by Gasteiger charge is -2.38. The van der Waals surface area contributed by atoms with Crippen molar-refractivity contribution in [2.24, 2.45) is 23.7 Å². The van der Waals surface area contributed by atoms with Gasteiger partial charge in [0.1, 0.15) is 18.0 Å². The number of carbonyl (C=O) groups excluding carboxylic acids is 1. The molecule has 1 aromatic carbocycles. The van der Waals surface area contributed by atoms with E-state index in [1.807, 2.05) is 18.2 Å². The van der Waals surface area contributed by atoms with E-state index < -0.39 is 0 Å². The zero-order valence-electron chi connectivity index (χ0n) is 18.3. The summed E-state index contributed by atoms with van der Waals surface area (Å²) < 4.78 is 8.37. The number of fused-ring (bicyclic) bond motifs is 1. The second-order valence-corrected chi connectivity index (χ2v) is 9.23. The SMILES string of the molecule is CCc1nc2ccccc2n1[C@@H](C(=O)O[C@@H]1CC(C)CC[C@H]1C(C)C)C(C)C. The summed E-state index contributed by atoms with van der Waals surface area (Å²) in [5, 5.41) is 0. The van der Waals surface area contributed by atoms with Crippen LogP contribution in [0.15, 0.2) is 24.3 Å². The Morgan fingerprint density at radius 2 is 1.93 bits per heavy atom. The van der Waals surface area contributed by atoms with Gasteiger partial charge in [-0.1, -0.05) is 60.1 Å². The molecule has 1 saturated carbocycles. The summed E-state index contributed by atoms with van der Waals surface area (Å²) in [6.45, 7) is 13.1. The molecule has 1 heterocycles. The molecule has 2 aromatic rings. The molecule has 0 aliphatic heterocycles. The molecule has 0 amide bonds. The van der Waals surface area contributed by atoms with Crippen molar-refractivity contribution in [1.29, 1.82) is 0 Å². The molecule has 0 spiro atoms. The average molecular weight is 385 g/mol. The minimum absolute atomic E-state index is 0.0253. The Bertz CT molecular complexity index is 808. The average Bonchev–Trinajstić information content (AvgIpc) is 3.00. The van der Waals surface area contributed by atoms with Crippen molar-refractivity contribution in [2.45, 2.75) is 79.4 Å². The van der Waals surface area contributed by atoms with Crippen LogP contribution in [-0.4, -0.2) is 21.6 Å². The molecule has 0 radical (unpaired) electrons. The Balaban J connectivity index is 1.93. The Kier molecular flexibility index (Phi) is 6.47. The number of hydrogen-bond donors (Lipinski definition) is 0. The summed E-state index contributed by atoms with van der Waals surface area (Å²) in [5.74, 6) is 2.59. The lowest BCUT2D eigenvalue weighted by atomic mass is 9.75. The summed E-state index contributed by atoms with van der Waals surface area (Å²) in [5.41, 5.74) is 1.97. The number of nitrogens with zero attached hydrogens (tertiary/aromatic N) is 2. The van der Waals surface area contributed by atoms with Crippen LogP contribution in [0, 0.1) is 23.7 Å². The van der Waals surface area contributed by atoms with Crippen molar-refractivity contribution < 1.29 is 9.53 Å². The lowest BCUT2D eigenvalue weighted by Crippen LogP contribution is -2.39. The Morgan fingerprint density at radius 3 is 2.57 bits per heavy atom. The minimum atomic E-state index is -0.340. The van der Waals surface area contributed by atoms with Crippen molar-refractivity contribution in [1.82, 2.24) is 9.55 Å². The monoisotopic (exact) mass is 384 g/mol. The van der Waals surface area contributed by atoms with Gasteiger partial charge in [-0.15, -0.1) is 0 Å². The lowest BCUT2D eigenvalue weighted by molar-refractivity contribution is -0.161. The van der Waals surface area contributed by atoms with Crippen LogP contribution in [-0.2, 0) is 16.0 Å². The molecule has 0 N–H and O–H groups in total. The third-order valence-electron chi connectivity index (χ3n) is 6.37. The third kappa shape index (κ3) is 4.11. The van der Waals surface area contributed by atoms with Crippen LogP contribution in [0.5, 0.6) is 0 Å². The van der Waals surface area contributed by atoms with E-state index in [9.17, 15) is 4.79 Å². The van der Waals surface area contributed by atoms with Crippen molar-refractivity contribution >= 4 is 17.0 Å². The number of ether oxygens (including phenoxy) is 1. The van der Waals surface area contributed by atoms with Crippen LogP contribution in [0.1, 0.15) is 72.7 Å². The first kappa shape index (κ1) is 20.9. The fraction of sp³-hybridized carbons (Fsp3) is 0.667. The Labute approximate surface area is 169 Å². The summed E-state index contributed by atoms with van der Waals surface area (Å²) in [4.78, 5) is 18.2. The zero-order chi connectivity index (χ0) is 20.4. The molecule has 0 bridgehead atoms. The predicted octanol–water partition coefficient (Wildman–Crippen LogP) is 5.80. The number of carbonyl (C=O) groups is 1. The van der Waals surface area contributed by atoms with Crippen LogP contribution in [0.3, 0.4) is 0 Å². The van der Waals surface area contributed by atoms with Gasteiger partial charge in [0.15, 0.2) is 0 Å². The van der Waals surface area contributed by atoms with Crippen LogP contribution < -0.4 is 0 Å². The summed E-state index contributed by atoms with van der Waals surface area (Å²) in [6, 6.07) is 7.75. The molecule has 1 unspecified atom stereocenters. The number of rotatable bonds is 6. The number of para-hydroxylation sites is 2. The van der Waals surface area contributed by atoms with Crippen LogP contribution >= 0.6 is 0 Å². The number of esters is 1.